The largest absolute Gasteiger partial charge is 0.492 e. The summed E-state index contributed by atoms with van der Waals surface area (Å²) in [4.78, 5) is 0.549. The molecule has 0 aromatic carbocycles. The number of nitriles is 1. The summed E-state index contributed by atoms with van der Waals surface area (Å²) in [5.74, 6) is 4.24. The van der Waals surface area contributed by atoms with Gasteiger partial charge in [0.05, 0.1) is 7.11 Å². The molecule has 1 aromatic heterocycles. The zero-order valence-electron chi connectivity index (χ0n) is 10.8. The van der Waals surface area contributed by atoms with Crippen molar-refractivity contribution in [2.24, 2.45) is 23.7 Å². The molecule has 0 spiro atoms. The van der Waals surface area contributed by atoms with Gasteiger partial charge in [-0.15, -0.1) is 11.3 Å². The van der Waals surface area contributed by atoms with Gasteiger partial charge in [-0.1, -0.05) is 0 Å². The average molecular weight is 275 g/mol. The van der Waals surface area contributed by atoms with Crippen LogP contribution in [0.5, 0.6) is 5.75 Å². The molecule has 0 aliphatic heterocycles. The summed E-state index contributed by atoms with van der Waals surface area (Å²) in [6.45, 7) is 0. The first-order valence-electron chi connectivity index (χ1n) is 6.87. The summed E-state index contributed by atoms with van der Waals surface area (Å²) < 4.78 is 5.35. The molecule has 3 aliphatic carbocycles. The van der Waals surface area contributed by atoms with E-state index in [0.717, 1.165) is 28.7 Å². The van der Waals surface area contributed by atoms with E-state index in [-0.39, 0.29) is 0 Å². The minimum Gasteiger partial charge on any atom is -0.492 e. The molecule has 3 aliphatic rings. The fraction of sp³-hybridized carbons (Fsp3) is 0.643. The van der Waals surface area contributed by atoms with Gasteiger partial charge in [0.1, 0.15) is 21.6 Å². The van der Waals surface area contributed by atoms with E-state index < -0.39 is 0 Å². The Labute approximate surface area is 116 Å². The van der Waals surface area contributed by atoms with E-state index in [1.165, 1.54) is 30.6 Å². The van der Waals surface area contributed by atoms with E-state index in [9.17, 15) is 0 Å². The molecule has 4 atom stereocenters. The average Bonchev–Trinajstić information content (AvgIpc) is 2.78. The normalized spacial score (nSPS) is 37.8. The van der Waals surface area contributed by atoms with Gasteiger partial charge < -0.3 is 15.8 Å². The lowest BCUT2D eigenvalue weighted by Crippen LogP contribution is -2.12. The molecule has 3 N–H and O–H groups in total. The maximum atomic E-state index is 9.05. The Bertz CT molecular complexity index is 560. The third-order valence-electron chi connectivity index (χ3n) is 5.24. The fourth-order valence-corrected chi connectivity index (χ4v) is 5.41. The zero-order chi connectivity index (χ0) is 13.1. The van der Waals surface area contributed by atoms with E-state index >= 15 is 0 Å². The zero-order valence-corrected chi connectivity index (χ0v) is 11.7. The summed E-state index contributed by atoms with van der Waals surface area (Å²) in [6.07, 6.45) is 4.27. The first-order valence-corrected chi connectivity index (χ1v) is 7.69. The molecule has 4 nitrogen and oxygen atoms in total. The number of nitrogen functional groups attached to an aromatic ring is 1. The van der Waals surface area contributed by atoms with Crippen LogP contribution >= 0.6 is 11.3 Å². The number of hydrogen-bond donors (Lipinski definition) is 2. The smallest absolute Gasteiger partial charge is 0.177 e. The second kappa shape index (κ2) is 3.80. The highest BCUT2D eigenvalue weighted by atomic mass is 32.1. The summed E-state index contributed by atoms with van der Waals surface area (Å²) in [6, 6.07) is 2.73. The predicted molar refractivity (Wildman–Crippen MR) is 75.2 cm³/mol. The van der Waals surface area contributed by atoms with Crippen molar-refractivity contribution in [2.45, 2.75) is 25.3 Å². The number of rotatable bonds is 3. The van der Waals surface area contributed by atoms with Gasteiger partial charge in [-0.2, -0.15) is 5.26 Å². The number of nitrogens with zero attached hydrogens (tertiary/aromatic N) is 1. The lowest BCUT2D eigenvalue weighted by molar-refractivity contribution is 0.419. The van der Waals surface area contributed by atoms with Crippen molar-refractivity contribution in [1.82, 2.24) is 0 Å². The number of nitrogens with one attached hydrogen (secondary N) is 1. The molecule has 5 heteroatoms. The topological polar surface area (TPSA) is 71.1 Å². The minimum atomic E-state index is 0.478. The molecule has 3 saturated carbocycles. The molecule has 0 radical (unpaired) electrons. The number of ether oxygens (including phenoxy) is 1. The van der Waals surface area contributed by atoms with Crippen LogP contribution in [0.25, 0.3) is 0 Å². The van der Waals surface area contributed by atoms with Crippen LogP contribution in [0.4, 0.5) is 10.7 Å². The Kier molecular flexibility index (Phi) is 2.28. The van der Waals surface area contributed by atoms with Gasteiger partial charge in [-0.05, 0) is 42.9 Å². The molecule has 4 unspecified atom stereocenters. The van der Waals surface area contributed by atoms with E-state index in [0.29, 0.717) is 22.4 Å². The number of fused-ring (bicyclic) bond motifs is 5. The predicted octanol–water partition coefficient (Wildman–Crippen LogP) is 2.67. The first-order chi connectivity index (χ1) is 9.24. The van der Waals surface area contributed by atoms with Gasteiger partial charge >= 0.3 is 0 Å². The standard InChI is InChI=1S/C14H17N3OS/c1-18-13-11(16)8(5-15)19-14(13)17-12-9-6-2-3-7(4-6)10(9)12/h6-7,9-10,12,17H,2-4,16H2,1H3. The Balaban J connectivity index is 1.57. The van der Waals surface area contributed by atoms with Gasteiger partial charge in [-0.25, -0.2) is 0 Å². The monoisotopic (exact) mass is 275 g/mol. The third kappa shape index (κ3) is 1.44. The third-order valence-corrected chi connectivity index (χ3v) is 6.26. The van der Waals surface area contributed by atoms with Crippen molar-refractivity contribution in [2.75, 3.05) is 18.2 Å². The second-order valence-electron chi connectivity index (χ2n) is 5.98. The van der Waals surface area contributed by atoms with Gasteiger partial charge in [0, 0.05) is 6.04 Å². The van der Waals surface area contributed by atoms with Crippen molar-refractivity contribution in [3.8, 4) is 11.8 Å². The molecule has 1 aromatic rings. The van der Waals surface area contributed by atoms with Crippen LogP contribution in [0, 0.1) is 35.0 Å². The number of hydrogen-bond acceptors (Lipinski definition) is 5. The highest BCUT2D eigenvalue weighted by molar-refractivity contribution is 7.17. The van der Waals surface area contributed by atoms with Gasteiger partial charge in [0.15, 0.2) is 5.75 Å². The Hall–Kier alpha value is -1.41. The van der Waals surface area contributed by atoms with Crippen molar-refractivity contribution in [3.63, 3.8) is 0 Å². The molecule has 0 amide bonds. The van der Waals surface area contributed by atoms with Crippen LogP contribution in [0.3, 0.4) is 0 Å². The van der Waals surface area contributed by atoms with Gasteiger partial charge in [0.2, 0.25) is 0 Å². The number of methoxy groups -OCH3 is 1. The summed E-state index contributed by atoms with van der Waals surface area (Å²) in [5, 5.41) is 13.6. The Morgan fingerprint density at radius 1 is 1.37 bits per heavy atom. The highest BCUT2D eigenvalue weighted by Gasteiger charge is 2.65. The maximum Gasteiger partial charge on any atom is 0.177 e. The fourth-order valence-electron chi connectivity index (χ4n) is 4.48. The van der Waals surface area contributed by atoms with Crippen LogP contribution in [0.2, 0.25) is 0 Å². The van der Waals surface area contributed by atoms with Crippen LogP contribution in [-0.2, 0) is 0 Å². The first kappa shape index (κ1) is 11.4. The van der Waals surface area contributed by atoms with E-state index in [1.54, 1.807) is 7.11 Å². The molecule has 1 heterocycles. The number of anilines is 2. The van der Waals surface area contributed by atoms with Crippen molar-refractivity contribution in [3.05, 3.63) is 4.88 Å². The SMILES string of the molecule is COc1c(NC2C3C4CCC(C4)C23)sc(C#N)c1N. The van der Waals surface area contributed by atoms with Crippen LogP contribution in [0.15, 0.2) is 0 Å². The number of thiophene rings is 1. The summed E-state index contributed by atoms with van der Waals surface area (Å²) in [7, 11) is 1.61. The Morgan fingerprint density at radius 2 is 2.05 bits per heavy atom. The molecule has 3 fully saturated rings. The van der Waals surface area contributed by atoms with Crippen molar-refractivity contribution < 1.29 is 4.74 Å². The second-order valence-corrected chi connectivity index (χ2v) is 7.00. The molecule has 19 heavy (non-hydrogen) atoms. The lowest BCUT2D eigenvalue weighted by Gasteiger charge is -2.11. The molecule has 2 bridgehead atoms. The lowest BCUT2D eigenvalue weighted by atomic mass is 10.0. The van der Waals surface area contributed by atoms with Crippen LogP contribution in [-0.4, -0.2) is 13.2 Å². The number of nitrogens with two attached hydrogens (primary N) is 1. The molecule has 100 valence electrons. The molecular formula is C14H17N3OS. The molecular weight excluding hydrogens is 258 g/mol. The van der Waals surface area contributed by atoms with Gasteiger partial charge in [-0.3, -0.25) is 0 Å². The van der Waals surface area contributed by atoms with Crippen LogP contribution < -0.4 is 15.8 Å². The van der Waals surface area contributed by atoms with E-state index in [2.05, 4.69) is 11.4 Å². The molecule has 0 saturated heterocycles. The minimum absolute atomic E-state index is 0.478. The molecule has 4 rings (SSSR count). The van der Waals surface area contributed by atoms with Gasteiger partial charge in [0.25, 0.3) is 0 Å². The van der Waals surface area contributed by atoms with Crippen molar-refractivity contribution >= 4 is 22.0 Å². The maximum absolute atomic E-state index is 9.05. The Morgan fingerprint density at radius 3 is 2.63 bits per heavy atom. The summed E-state index contributed by atoms with van der Waals surface area (Å²) in [5.41, 5.74) is 6.40. The summed E-state index contributed by atoms with van der Waals surface area (Å²) >= 11 is 1.42. The van der Waals surface area contributed by atoms with E-state index in [4.69, 9.17) is 15.7 Å². The highest BCUT2D eigenvalue weighted by Crippen LogP contribution is 2.66. The quantitative estimate of drug-likeness (QED) is 0.889. The van der Waals surface area contributed by atoms with E-state index in [1.807, 2.05) is 0 Å². The van der Waals surface area contributed by atoms with Crippen molar-refractivity contribution in [1.29, 1.82) is 5.26 Å². The van der Waals surface area contributed by atoms with Crippen LogP contribution in [0.1, 0.15) is 24.1 Å².